The quantitative estimate of drug-likeness (QED) is 0.857. The highest BCUT2D eigenvalue weighted by atomic mass is 35.5. The van der Waals surface area contributed by atoms with Crippen LogP contribution in [0.5, 0.6) is 0 Å². The molecule has 1 aromatic carbocycles. The van der Waals surface area contributed by atoms with E-state index in [4.69, 9.17) is 27.9 Å². The van der Waals surface area contributed by atoms with Crippen molar-refractivity contribution < 1.29 is 14.6 Å². The molecule has 0 aromatic heterocycles. The maximum absolute atomic E-state index is 11.9. The normalized spacial score (nSPS) is 17.5. The third-order valence-electron chi connectivity index (χ3n) is 3.28. The summed E-state index contributed by atoms with van der Waals surface area (Å²) in [4.78, 5) is 14.1. The second kappa shape index (κ2) is 7.96. The Bertz CT molecular complexity index is 473. The molecule has 0 bridgehead atoms. The van der Waals surface area contributed by atoms with Crippen molar-refractivity contribution in [3.63, 3.8) is 0 Å². The van der Waals surface area contributed by atoms with Gasteiger partial charge in [0.2, 0.25) is 0 Å². The van der Waals surface area contributed by atoms with Crippen molar-refractivity contribution in [1.82, 2.24) is 10.2 Å². The molecule has 0 radical (unpaired) electrons. The van der Waals surface area contributed by atoms with Crippen LogP contribution in [-0.2, 0) is 9.53 Å². The first-order chi connectivity index (χ1) is 10.1. The van der Waals surface area contributed by atoms with Gasteiger partial charge in [0.05, 0.1) is 13.2 Å². The van der Waals surface area contributed by atoms with Crippen LogP contribution in [0.4, 0.5) is 0 Å². The Morgan fingerprint density at radius 1 is 1.29 bits per heavy atom. The number of carbonyl (C=O) groups is 1. The van der Waals surface area contributed by atoms with Gasteiger partial charge in [-0.2, -0.15) is 0 Å². The molecule has 1 unspecified atom stereocenters. The van der Waals surface area contributed by atoms with E-state index in [1.165, 1.54) is 12.1 Å². The summed E-state index contributed by atoms with van der Waals surface area (Å²) in [6, 6.07) is 4.61. The summed E-state index contributed by atoms with van der Waals surface area (Å²) < 4.78 is 5.25. The predicted octanol–water partition coefficient (Wildman–Crippen LogP) is 1.48. The van der Waals surface area contributed by atoms with E-state index in [-0.39, 0.29) is 0 Å². The highest BCUT2D eigenvalue weighted by molar-refractivity contribution is 6.34. The number of ether oxygens (including phenoxy) is 1. The van der Waals surface area contributed by atoms with Crippen molar-refractivity contribution in [3.8, 4) is 0 Å². The van der Waals surface area contributed by atoms with E-state index in [1.54, 1.807) is 6.07 Å². The number of halogens is 2. The van der Waals surface area contributed by atoms with Gasteiger partial charge in [-0.15, -0.1) is 0 Å². The first kappa shape index (κ1) is 16.5. The van der Waals surface area contributed by atoms with E-state index in [0.717, 1.165) is 32.8 Å². The highest BCUT2D eigenvalue weighted by Crippen LogP contribution is 2.23. The predicted molar refractivity (Wildman–Crippen MR) is 81.7 cm³/mol. The second-order valence-corrected chi connectivity index (χ2v) is 5.72. The molecule has 116 valence electrons. The number of aliphatic hydroxyl groups is 1. The van der Waals surface area contributed by atoms with Crippen molar-refractivity contribution >= 4 is 29.1 Å². The lowest BCUT2D eigenvalue weighted by molar-refractivity contribution is -0.129. The van der Waals surface area contributed by atoms with Crippen LogP contribution in [0.3, 0.4) is 0 Å². The highest BCUT2D eigenvalue weighted by Gasteiger charge is 2.18. The van der Waals surface area contributed by atoms with Crippen LogP contribution < -0.4 is 5.32 Å². The second-order valence-electron chi connectivity index (χ2n) is 4.85. The van der Waals surface area contributed by atoms with Crippen LogP contribution in [0, 0.1) is 0 Å². The Morgan fingerprint density at radius 2 is 1.90 bits per heavy atom. The number of aliphatic hydroxyl groups excluding tert-OH is 1. The third kappa shape index (κ3) is 5.13. The van der Waals surface area contributed by atoms with Crippen LogP contribution >= 0.6 is 23.2 Å². The zero-order chi connectivity index (χ0) is 15.2. The Kier molecular flexibility index (Phi) is 6.26. The van der Waals surface area contributed by atoms with E-state index < -0.39 is 12.0 Å². The molecule has 1 aliphatic heterocycles. The van der Waals surface area contributed by atoms with Crippen LogP contribution in [-0.4, -0.2) is 55.3 Å². The molecule has 1 saturated heterocycles. The minimum Gasteiger partial charge on any atom is -0.379 e. The first-order valence-electron chi connectivity index (χ1n) is 6.78. The molecule has 21 heavy (non-hydrogen) atoms. The molecule has 0 aliphatic carbocycles. The number of nitrogens with zero attached hydrogens (tertiary/aromatic N) is 1. The molecule has 1 heterocycles. The molecule has 2 rings (SSSR count). The number of benzene rings is 1. The standard InChI is InChI=1S/C14H18Cl2N2O3/c15-11-7-10(8-12(16)9-11)13(19)14(20)17-1-2-18-3-5-21-6-4-18/h7-9,13,19H,1-6H2,(H,17,20). The monoisotopic (exact) mass is 332 g/mol. The fourth-order valence-electron chi connectivity index (χ4n) is 2.14. The summed E-state index contributed by atoms with van der Waals surface area (Å²) in [5.41, 5.74) is 0.386. The van der Waals surface area contributed by atoms with E-state index in [9.17, 15) is 9.90 Å². The van der Waals surface area contributed by atoms with E-state index in [1.807, 2.05) is 0 Å². The zero-order valence-electron chi connectivity index (χ0n) is 11.5. The van der Waals surface area contributed by atoms with Gasteiger partial charge < -0.3 is 15.2 Å². The minimum atomic E-state index is -1.27. The summed E-state index contributed by atoms with van der Waals surface area (Å²) in [7, 11) is 0. The van der Waals surface area contributed by atoms with Crippen LogP contribution in [0.2, 0.25) is 10.0 Å². The molecule has 2 N–H and O–H groups in total. The van der Waals surface area contributed by atoms with Gasteiger partial charge >= 0.3 is 0 Å². The van der Waals surface area contributed by atoms with Crippen LogP contribution in [0.25, 0.3) is 0 Å². The van der Waals surface area contributed by atoms with Gasteiger partial charge in [0.15, 0.2) is 6.10 Å². The van der Waals surface area contributed by atoms with Gasteiger partial charge in [-0.3, -0.25) is 9.69 Å². The summed E-state index contributed by atoms with van der Waals surface area (Å²) in [5.74, 6) is -0.457. The van der Waals surface area contributed by atoms with Crippen molar-refractivity contribution in [1.29, 1.82) is 0 Å². The van der Waals surface area contributed by atoms with Crippen molar-refractivity contribution in [2.75, 3.05) is 39.4 Å². The topological polar surface area (TPSA) is 61.8 Å². The average Bonchev–Trinajstić information content (AvgIpc) is 2.46. The third-order valence-corrected chi connectivity index (χ3v) is 3.72. The lowest BCUT2D eigenvalue weighted by Crippen LogP contribution is -2.42. The Balaban J connectivity index is 1.81. The van der Waals surface area contributed by atoms with Crippen molar-refractivity contribution in [2.45, 2.75) is 6.10 Å². The molecular weight excluding hydrogens is 315 g/mol. The summed E-state index contributed by atoms with van der Waals surface area (Å²) in [5, 5.41) is 13.5. The maximum Gasteiger partial charge on any atom is 0.253 e. The smallest absolute Gasteiger partial charge is 0.253 e. The van der Waals surface area contributed by atoms with Gasteiger partial charge in [0.1, 0.15) is 0 Å². The van der Waals surface area contributed by atoms with E-state index in [0.29, 0.717) is 22.2 Å². The van der Waals surface area contributed by atoms with Gasteiger partial charge in [-0.25, -0.2) is 0 Å². The number of morpholine rings is 1. The molecule has 1 fully saturated rings. The van der Waals surface area contributed by atoms with Gasteiger partial charge in [-0.05, 0) is 23.8 Å². The number of carbonyl (C=O) groups excluding carboxylic acids is 1. The molecule has 5 nitrogen and oxygen atoms in total. The molecule has 7 heteroatoms. The molecule has 0 spiro atoms. The number of hydrogen-bond acceptors (Lipinski definition) is 4. The fraction of sp³-hybridized carbons (Fsp3) is 0.500. The van der Waals surface area contributed by atoms with Crippen LogP contribution in [0.1, 0.15) is 11.7 Å². The summed E-state index contributed by atoms with van der Waals surface area (Å²) >= 11 is 11.7. The first-order valence-corrected chi connectivity index (χ1v) is 7.54. The fourth-order valence-corrected chi connectivity index (χ4v) is 2.69. The summed E-state index contributed by atoms with van der Waals surface area (Å²) in [6.45, 7) is 4.38. The number of rotatable bonds is 5. The maximum atomic E-state index is 11.9. The molecule has 1 amide bonds. The average molecular weight is 333 g/mol. The molecule has 0 saturated carbocycles. The SMILES string of the molecule is O=C(NCCN1CCOCC1)C(O)c1cc(Cl)cc(Cl)c1. The van der Waals surface area contributed by atoms with Gasteiger partial charge in [0, 0.05) is 36.2 Å². The molecule has 1 atom stereocenters. The summed E-state index contributed by atoms with van der Waals surface area (Å²) in [6.07, 6.45) is -1.27. The lowest BCUT2D eigenvalue weighted by atomic mass is 10.1. The minimum absolute atomic E-state index is 0.386. The largest absolute Gasteiger partial charge is 0.379 e. The number of amides is 1. The van der Waals surface area contributed by atoms with E-state index >= 15 is 0 Å². The zero-order valence-corrected chi connectivity index (χ0v) is 13.0. The molecule has 1 aromatic rings. The Hall–Kier alpha value is -0.850. The van der Waals surface area contributed by atoms with Crippen molar-refractivity contribution in [2.24, 2.45) is 0 Å². The molecule has 1 aliphatic rings. The van der Waals surface area contributed by atoms with Crippen LogP contribution in [0.15, 0.2) is 18.2 Å². The Morgan fingerprint density at radius 3 is 2.52 bits per heavy atom. The lowest BCUT2D eigenvalue weighted by Gasteiger charge is -2.26. The molecular formula is C14H18Cl2N2O3. The van der Waals surface area contributed by atoms with Gasteiger partial charge in [-0.1, -0.05) is 23.2 Å². The Labute approximate surface area is 133 Å². The number of hydrogen-bond donors (Lipinski definition) is 2. The number of nitrogens with one attached hydrogen (secondary N) is 1. The van der Waals surface area contributed by atoms with Crippen molar-refractivity contribution in [3.05, 3.63) is 33.8 Å². The van der Waals surface area contributed by atoms with Gasteiger partial charge in [0.25, 0.3) is 5.91 Å². The van der Waals surface area contributed by atoms with E-state index in [2.05, 4.69) is 10.2 Å².